The molecule has 146 valence electrons. The highest BCUT2D eigenvalue weighted by Gasteiger charge is 2.36. The Bertz CT molecular complexity index is 771. The van der Waals surface area contributed by atoms with Gasteiger partial charge in [0.05, 0.1) is 0 Å². The lowest BCUT2D eigenvalue weighted by Crippen LogP contribution is -2.48. The van der Waals surface area contributed by atoms with Crippen molar-refractivity contribution in [2.24, 2.45) is 5.41 Å². The van der Waals surface area contributed by atoms with Crippen molar-refractivity contribution >= 4 is 5.91 Å². The van der Waals surface area contributed by atoms with Crippen LogP contribution >= 0.6 is 0 Å². The minimum atomic E-state index is -0.519. The molecule has 0 N–H and O–H groups in total. The van der Waals surface area contributed by atoms with Crippen LogP contribution in [-0.2, 0) is 11.2 Å². The molecule has 0 aliphatic carbocycles. The maximum atomic E-state index is 13.4. The third-order valence-electron chi connectivity index (χ3n) is 5.53. The van der Waals surface area contributed by atoms with E-state index in [4.69, 9.17) is 0 Å². The smallest absolute Gasteiger partial charge is 0.247 e. The second-order valence-corrected chi connectivity index (χ2v) is 7.94. The van der Waals surface area contributed by atoms with E-state index >= 15 is 0 Å². The molecular formula is C20H28FN5O. The average Bonchev–Trinajstić information content (AvgIpc) is 3.06. The van der Waals surface area contributed by atoms with Crippen molar-refractivity contribution in [3.8, 4) is 0 Å². The Balaban J connectivity index is 1.84. The van der Waals surface area contributed by atoms with Gasteiger partial charge in [0.15, 0.2) is 0 Å². The van der Waals surface area contributed by atoms with Gasteiger partial charge in [-0.1, -0.05) is 32.4 Å². The molecule has 2 heterocycles. The van der Waals surface area contributed by atoms with Gasteiger partial charge in [-0.3, -0.25) is 4.79 Å². The first kappa shape index (κ1) is 19.5. The summed E-state index contributed by atoms with van der Waals surface area (Å²) in [6, 6.07) is 5.75. The predicted octanol–water partition coefficient (Wildman–Crippen LogP) is 3.33. The molecule has 6 nitrogen and oxygen atoms in total. The van der Waals surface area contributed by atoms with Crippen LogP contribution in [0, 0.1) is 18.2 Å². The maximum Gasteiger partial charge on any atom is 0.247 e. The van der Waals surface area contributed by atoms with Gasteiger partial charge >= 0.3 is 0 Å². The van der Waals surface area contributed by atoms with E-state index in [1.54, 1.807) is 23.7 Å². The topological polar surface area (TPSA) is 63.9 Å². The van der Waals surface area contributed by atoms with Crippen molar-refractivity contribution in [2.75, 3.05) is 13.1 Å². The Morgan fingerprint density at radius 1 is 1.33 bits per heavy atom. The van der Waals surface area contributed by atoms with Gasteiger partial charge in [-0.15, -0.1) is 5.10 Å². The van der Waals surface area contributed by atoms with E-state index in [0.29, 0.717) is 12.2 Å². The number of hydrogen-bond acceptors (Lipinski definition) is 4. The third kappa shape index (κ3) is 4.51. The Labute approximate surface area is 159 Å². The summed E-state index contributed by atoms with van der Waals surface area (Å²) in [7, 11) is 0. The lowest BCUT2D eigenvalue weighted by molar-refractivity contribution is -0.138. The highest BCUT2D eigenvalue weighted by atomic mass is 19.1. The van der Waals surface area contributed by atoms with Gasteiger partial charge < -0.3 is 4.90 Å². The maximum absolute atomic E-state index is 13.4. The molecule has 1 aliphatic rings. The molecule has 0 saturated carbocycles. The molecule has 27 heavy (non-hydrogen) atoms. The molecule has 1 aromatic carbocycles. The van der Waals surface area contributed by atoms with Crippen molar-refractivity contribution in [2.45, 2.75) is 58.9 Å². The Morgan fingerprint density at radius 2 is 2.07 bits per heavy atom. The number of halogens is 1. The number of carbonyl (C=O) groups is 1. The molecular weight excluding hydrogens is 345 g/mol. The van der Waals surface area contributed by atoms with Gasteiger partial charge in [0.1, 0.15) is 17.7 Å². The third-order valence-corrected chi connectivity index (χ3v) is 5.53. The molecule has 1 amide bonds. The number of piperidine rings is 1. The summed E-state index contributed by atoms with van der Waals surface area (Å²) >= 11 is 0. The van der Waals surface area contributed by atoms with E-state index in [1.807, 2.05) is 4.90 Å². The number of rotatable bonds is 6. The number of hydrogen-bond donors (Lipinski definition) is 0. The van der Waals surface area contributed by atoms with Crippen LogP contribution in [0.4, 0.5) is 4.39 Å². The molecule has 1 aromatic heterocycles. The zero-order chi connectivity index (χ0) is 19.4. The van der Waals surface area contributed by atoms with E-state index in [1.165, 1.54) is 12.1 Å². The van der Waals surface area contributed by atoms with Crippen molar-refractivity contribution in [1.29, 1.82) is 0 Å². The predicted molar refractivity (Wildman–Crippen MR) is 101 cm³/mol. The second-order valence-electron chi connectivity index (χ2n) is 7.94. The van der Waals surface area contributed by atoms with Gasteiger partial charge in [0.2, 0.25) is 5.91 Å². The first-order chi connectivity index (χ1) is 12.9. The fraction of sp³-hybridized carbons (Fsp3) is 0.600. The Morgan fingerprint density at radius 3 is 2.70 bits per heavy atom. The monoisotopic (exact) mass is 373 g/mol. The zero-order valence-corrected chi connectivity index (χ0v) is 16.4. The van der Waals surface area contributed by atoms with E-state index in [9.17, 15) is 9.18 Å². The zero-order valence-electron chi connectivity index (χ0n) is 16.4. The van der Waals surface area contributed by atoms with Crippen molar-refractivity contribution in [3.05, 3.63) is 41.5 Å². The quantitative estimate of drug-likeness (QED) is 0.779. The molecule has 7 heteroatoms. The molecule has 0 bridgehead atoms. The van der Waals surface area contributed by atoms with Gasteiger partial charge in [-0.05, 0) is 59.7 Å². The molecule has 1 fully saturated rings. The normalized spacial score (nSPS) is 21.3. The van der Waals surface area contributed by atoms with Gasteiger partial charge in [-0.25, -0.2) is 9.07 Å². The minimum Gasteiger partial charge on any atom is -0.340 e. The number of tetrazole rings is 1. The van der Waals surface area contributed by atoms with Crippen LogP contribution < -0.4 is 0 Å². The second kappa shape index (κ2) is 8.15. The van der Waals surface area contributed by atoms with Gasteiger partial charge in [-0.2, -0.15) is 0 Å². The first-order valence-electron chi connectivity index (χ1n) is 9.69. The molecule has 1 saturated heterocycles. The van der Waals surface area contributed by atoms with E-state index in [2.05, 4.69) is 29.4 Å². The van der Waals surface area contributed by atoms with Crippen LogP contribution in [0.15, 0.2) is 24.3 Å². The largest absolute Gasteiger partial charge is 0.340 e. The number of benzene rings is 1. The first-order valence-corrected chi connectivity index (χ1v) is 9.69. The number of aryl methyl sites for hydroxylation is 1. The number of likely N-dealkylation sites (tertiary alicyclic amines) is 1. The van der Waals surface area contributed by atoms with Crippen LogP contribution in [0.25, 0.3) is 0 Å². The number of carbonyl (C=O) groups excluding carboxylic acids is 1. The Kier molecular flexibility index (Phi) is 5.87. The highest BCUT2D eigenvalue weighted by Crippen LogP contribution is 2.35. The summed E-state index contributed by atoms with van der Waals surface area (Å²) < 4.78 is 14.9. The van der Waals surface area contributed by atoms with E-state index < -0.39 is 6.04 Å². The molecule has 0 unspecified atom stereocenters. The molecule has 2 aromatic rings. The summed E-state index contributed by atoms with van der Waals surface area (Å²) in [5.74, 6) is 0.354. The fourth-order valence-electron chi connectivity index (χ4n) is 4.17. The lowest BCUT2D eigenvalue weighted by Gasteiger charge is -2.41. The minimum absolute atomic E-state index is 0.0387. The summed E-state index contributed by atoms with van der Waals surface area (Å²) in [4.78, 5) is 15.4. The lowest BCUT2D eigenvalue weighted by atomic mass is 9.78. The molecule has 2 atom stereocenters. The Hall–Kier alpha value is -2.31. The SMILES string of the molecule is CCC[C@@]1(C)CCCN(C(=O)[C@H](Cc2ccc(F)cc2)n2nnnc2C)C1. The van der Waals surface area contributed by atoms with Crippen molar-refractivity contribution in [3.63, 3.8) is 0 Å². The van der Waals surface area contributed by atoms with Crippen LogP contribution in [0.1, 0.15) is 57.0 Å². The summed E-state index contributed by atoms with van der Waals surface area (Å²) in [5.41, 5.74) is 1.05. The number of amides is 1. The number of nitrogens with zero attached hydrogens (tertiary/aromatic N) is 5. The van der Waals surface area contributed by atoms with E-state index in [-0.39, 0.29) is 17.1 Å². The van der Waals surface area contributed by atoms with Crippen LogP contribution in [0.5, 0.6) is 0 Å². The van der Waals surface area contributed by atoms with Crippen LogP contribution in [0.2, 0.25) is 0 Å². The standard InChI is InChI=1S/C20H28FN5O/c1-4-10-20(3)11-5-12-25(14-20)19(27)18(26-15(2)22-23-24-26)13-16-6-8-17(21)9-7-16/h6-9,18H,4-5,10-14H2,1-3H3/t18-,20-/m0/s1. The molecule has 3 rings (SSSR count). The van der Waals surface area contributed by atoms with Gasteiger partial charge in [0, 0.05) is 19.5 Å². The molecule has 0 radical (unpaired) electrons. The summed E-state index contributed by atoms with van der Waals surface area (Å²) in [6.07, 6.45) is 4.83. The summed E-state index contributed by atoms with van der Waals surface area (Å²) in [6.45, 7) is 7.78. The highest BCUT2D eigenvalue weighted by molar-refractivity contribution is 5.81. The fourth-order valence-corrected chi connectivity index (χ4v) is 4.17. The van der Waals surface area contributed by atoms with Crippen LogP contribution in [0.3, 0.4) is 0 Å². The number of aromatic nitrogens is 4. The van der Waals surface area contributed by atoms with Gasteiger partial charge in [0.25, 0.3) is 0 Å². The summed E-state index contributed by atoms with van der Waals surface area (Å²) in [5, 5.41) is 11.7. The van der Waals surface area contributed by atoms with Crippen molar-refractivity contribution in [1.82, 2.24) is 25.1 Å². The average molecular weight is 373 g/mol. The van der Waals surface area contributed by atoms with E-state index in [0.717, 1.165) is 44.3 Å². The van der Waals surface area contributed by atoms with Crippen molar-refractivity contribution < 1.29 is 9.18 Å². The van der Waals surface area contributed by atoms with Crippen LogP contribution in [-0.4, -0.2) is 44.1 Å². The molecule has 0 spiro atoms. The molecule has 1 aliphatic heterocycles.